The number of nitrogens with one attached hydrogen (secondary N) is 1. The number of amides is 3. The predicted molar refractivity (Wildman–Crippen MR) is 173 cm³/mol. The van der Waals surface area contributed by atoms with Crippen molar-refractivity contribution in [1.29, 1.82) is 0 Å². The van der Waals surface area contributed by atoms with Crippen LogP contribution in [0.3, 0.4) is 0 Å². The number of anilines is 1. The maximum atomic E-state index is 13.7. The summed E-state index contributed by atoms with van der Waals surface area (Å²) in [6.45, 7) is 1.56. The van der Waals surface area contributed by atoms with Gasteiger partial charge in [-0.3, -0.25) is 4.79 Å². The maximum absolute atomic E-state index is 13.7. The second-order valence-electron chi connectivity index (χ2n) is 12.7. The number of rotatable bonds is 7. The third-order valence-electron chi connectivity index (χ3n) is 9.87. The molecular weight excluding hydrogens is 568 g/mol. The molecule has 230 valence electrons. The molecule has 11 nitrogen and oxygen atoms in total. The van der Waals surface area contributed by atoms with Crippen molar-refractivity contribution < 1.29 is 14.3 Å². The van der Waals surface area contributed by atoms with Crippen molar-refractivity contribution in [3.63, 3.8) is 0 Å². The Kier molecular flexibility index (Phi) is 6.35. The number of aryl methyl sites for hydroxylation is 1. The van der Waals surface area contributed by atoms with Crippen LogP contribution in [0, 0.1) is 11.8 Å². The number of hydrogen-bond acceptors (Lipinski definition) is 6. The Morgan fingerprint density at radius 1 is 1.02 bits per heavy atom. The Morgan fingerprint density at radius 2 is 1.82 bits per heavy atom. The van der Waals surface area contributed by atoms with Crippen molar-refractivity contribution in [2.75, 3.05) is 19.0 Å². The van der Waals surface area contributed by atoms with Gasteiger partial charge >= 0.3 is 6.03 Å². The minimum atomic E-state index is -0.599. The molecule has 0 spiro atoms. The monoisotopic (exact) mass is 604 g/mol. The molecule has 0 radical (unpaired) electrons. The zero-order valence-corrected chi connectivity index (χ0v) is 25.4. The molecule has 8 rings (SSSR count). The lowest BCUT2D eigenvalue weighted by molar-refractivity contribution is 0.0700. The molecule has 3 fully saturated rings. The van der Waals surface area contributed by atoms with Gasteiger partial charge in [0.1, 0.15) is 16.9 Å². The second-order valence-corrected chi connectivity index (χ2v) is 12.7. The van der Waals surface area contributed by atoms with Gasteiger partial charge in [0.2, 0.25) is 0 Å². The van der Waals surface area contributed by atoms with Crippen LogP contribution in [0.1, 0.15) is 36.0 Å². The van der Waals surface area contributed by atoms with E-state index < -0.39 is 6.03 Å². The average Bonchev–Trinajstić information content (AvgIpc) is 3.44. The van der Waals surface area contributed by atoms with Crippen LogP contribution in [0.4, 0.5) is 10.5 Å². The first kappa shape index (κ1) is 27.6. The molecule has 11 heteroatoms. The molecule has 3 aromatic heterocycles. The Hall–Kier alpha value is -4.90. The summed E-state index contributed by atoms with van der Waals surface area (Å²) >= 11 is 0. The SMILES string of the molecule is COc1cc(C(=O)N2C[C@H]3CC[C@@H]2[C@@H]3N)cc2nc(-c3cc4ccc(-c5ccc(NC(N)=O)cc5)nc4n3CC3CC3)n(C)c12. The number of nitrogens with zero attached hydrogens (tertiary/aromatic N) is 5. The number of ether oxygens (including phenoxy) is 1. The summed E-state index contributed by atoms with van der Waals surface area (Å²) in [7, 11) is 3.63. The van der Waals surface area contributed by atoms with Crippen LogP contribution in [-0.4, -0.2) is 61.7 Å². The van der Waals surface area contributed by atoms with Crippen molar-refractivity contribution in [3.05, 3.63) is 60.2 Å². The fourth-order valence-electron chi connectivity index (χ4n) is 7.35. The van der Waals surface area contributed by atoms with Gasteiger partial charge in [-0.2, -0.15) is 0 Å². The summed E-state index contributed by atoms with van der Waals surface area (Å²) in [5.41, 5.74) is 18.1. The van der Waals surface area contributed by atoms with E-state index in [2.05, 4.69) is 26.6 Å². The van der Waals surface area contributed by atoms with Crippen LogP contribution >= 0.6 is 0 Å². The van der Waals surface area contributed by atoms with Crippen molar-refractivity contribution in [2.24, 2.45) is 30.4 Å². The number of methoxy groups -OCH3 is 1. The fraction of sp³-hybridized carbons (Fsp3) is 0.353. The van der Waals surface area contributed by atoms with Gasteiger partial charge in [0.25, 0.3) is 5.91 Å². The summed E-state index contributed by atoms with van der Waals surface area (Å²) in [6.07, 6.45) is 4.44. The van der Waals surface area contributed by atoms with E-state index in [0.717, 1.165) is 58.7 Å². The summed E-state index contributed by atoms with van der Waals surface area (Å²) in [6, 6.07) is 17.0. The number of fused-ring (bicyclic) bond motifs is 4. The Bertz CT molecular complexity index is 1990. The van der Waals surface area contributed by atoms with Gasteiger partial charge in [0.15, 0.2) is 5.82 Å². The molecule has 3 amide bonds. The van der Waals surface area contributed by atoms with Crippen molar-refractivity contribution in [3.8, 4) is 28.5 Å². The quantitative estimate of drug-likeness (QED) is 0.245. The lowest BCUT2D eigenvalue weighted by atomic mass is 10.1. The molecular formula is C34H36N8O3. The van der Waals surface area contributed by atoms with E-state index in [0.29, 0.717) is 40.9 Å². The van der Waals surface area contributed by atoms with Crippen LogP contribution < -0.4 is 21.5 Å². The number of urea groups is 1. The molecule has 2 aromatic carbocycles. The molecule has 1 aliphatic heterocycles. The number of imidazole rings is 1. The average molecular weight is 605 g/mol. The van der Waals surface area contributed by atoms with Crippen molar-refractivity contribution >= 4 is 39.7 Å². The van der Waals surface area contributed by atoms with E-state index >= 15 is 0 Å². The number of pyridine rings is 1. The summed E-state index contributed by atoms with van der Waals surface area (Å²) in [4.78, 5) is 37.1. The number of hydrogen-bond donors (Lipinski definition) is 3. The van der Waals surface area contributed by atoms with Crippen LogP contribution in [0.2, 0.25) is 0 Å². The highest BCUT2D eigenvalue weighted by molar-refractivity contribution is 6.00. The topological polar surface area (TPSA) is 146 Å². The van der Waals surface area contributed by atoms with Crippen LogP contribution in [-0.2, 0) is 13.6 Å². The number of aromatic nitrogens is 4. The highest BCUT2D eigenvalue weighted by Crippen LogP contribution is 2.40. The van der Waals surface area contributed by atoms with E-state index in [1.165, 1.54) is 12.8 Å². The number of benzene rings is 2. The smallest absolute Gasteiger partial charge is 0.316 e. The summed E-state index contributed by atoms with van der Waals surface area (Å²) in [5.74, 6) is 2.37. The largest absolute Gasteiger partial charge is 0.494 e. The second kappa shape index (κ2) is 10.3. The Morgan fingerprint density at radius 3 is 2.49 bits per heavy atom. The Balaban J connectivity index is 1.20. The number of primary amides is 1. The zero-order valence-electron chi connectivity index (χ0n) is 25.4. The molecule has 2 bridgehead atoms. The van der Waals surface area contributed by atoms with E-state index in [9.17, 15) is 9.59 Å². The third kappa shape index (κ3) is 4.61. The molecule has 1 saturated heterocycles. The lowest BCUT2D eigenvalue weighted by Crippen LogP contribution is -2.41. The van der Waals surface area contributed by atoms with E-state index in [4.69, 9.17) is 26.2 Å². The molecule has 3 atom stereocenters. The first-order valence-electron chi connectivity index (χ1n) is 15.6. The standard InChI is InChI=1S/C34H36N8O3/c1-40-30-25(13-22(15-28(30)45-2)33(43)42-17-21-8-12-26(42)29(21)35)39-32(40)27-14-20-7-11-24(38-31(20)41(27)16-18-3-4-18)19-5-9-23(10-6-19)37-34(36)44/h5-7,9-11,13-15,18,21,26,29H,3-4,8,12,16-17,35H2,1-2H3,(H3,36,37,44)/t21-,26-,29-/m1/s1. The van der Waals surface area contributed by atoms with Crippen molar-refractivity contribution in [1.82, 2.24) is 24.0 Å². The van der Waals surface area contributed by atoms with Gasteiger partial charge in [-0.25, -0.2) is 14.8 Å². The number of carbonyl (C=O) groups is 2. The molecule has 45 heavy (non-hydrogen) atoms. The maximum Gasteiger partial charge on any atom is 0.316 e. The van der Waals surface area contributed by atoms with Gasteiger partial charge in [0.05, 0.1) is 24.0 Å². The zero-order chi connectivity index (χ0) is 31.0. The number of piperidine rings is 1. The molecule has 2 saturated carbocycles. The molecule has 2 aliphatic carbocycles. The van der Waals surface area contributed by atoms with Gasteiger partial charge in [-0.1, -0.05) is 12.1 Å². The van der Waals surface area contributed by atoms with Crippen LogP contribution in [0.15, 0.2) is 54.6 Å². The van der Waals surface area contributed by atoms with Crippen LogP contribution in [0.25, 0.3) is 44.8 Å². The van der Waals surface area contributed by atoms with E-state index in [1.807, 2.05) is 54.4 Å². The van der Waals surface area contributed by atoms with Crippen LogP contribution in [0.5, 0.6) is 5.75 Å². The molecule has 3 aliphatic rings. The minimum Gasteiger partial charge on any atom is -0.494 e. The van der Waals surface area contributed by atoms with Gasteiger partial charge in [-0.05, 0) is 80.0 Å². The summed E-state index contributed by atoms with van der Waals surface area (Å²) in [5, 5.41) is 3.62. The Labute approximate surface area is 260 Å². The fourth-order valence-corrected chi connectivity index (χ4v) is 7.35. The lowest BCUT2D eigenvalue weighted by Gasteiger charge is -2.27. The van der Waals surface area contributed by atoms with E-state index in [1.54, 1.807) is 7.11 Å². The number of likely N-dealkylation sites (tertiary alicyclic amines) is 1. The molecule has 4 heterocycles. The first-order chi connectivity index (χ1) is 21.8. The first-order valence-corrected chi connectivity index (χ1v) is 15.6. The van der Waals surface area contributed by atoms with Gasteiger partial charge in [0, 0.05) is 54.4 Å². The van der Waals surface area contributed by atoms with Crippen molar-refractivity contribution in [2.45, 2.75) is 44.3 Å². The van der Waals surface area contributed by atoms with Gasteiger partial charge < -0.3 is 35.6 Å². The molecule has 5 N–H and O–H groups in total. The highest BCUT2D eigenvalue weighted by Gasteiger charge is 2.47. The third-order valence-corrected chi connectivity index (χ3v) is 9.87. The number of carbonyl (C=O) groups excluding carboxylic acids is 2. The van der Waals surface area contributed by atoms with Gasteiger partial charge in [-0.15, -0.1) is 0 Å². The summed E-state index contributed by atoms with van der Waals surface area (Å²) < 4.78 is 10.2. The molecule has 5 aromatic rings. The predicted octanol–water partition coefficient (Wildman–Crippen LogP) is 4.73. The van der Waals surface area contributed by atoms with E-state index in [-0.39, 0.29) is 18.0 Å². The normalized spacial score (nSPS) is 20.8. The number of nitrogens with two attached hydrogens (primary N) is 2. The highest BCUT2D eigenvalue weighted by atomic mass is 16.5. The molecule has 0 unspecified atom stereocenters. The minimum absolute atomic E-state index is 0.0110.